The Labute approximate surface area is 92.6 Å². The van der Waals surface area contributed by atoms with Crippen molar-refractivity contribution in [3.8, 4) is 11.3 Å². The Bertz CT molecular complexity index is 543. The largest absolute Gasteiger partial charge is 0.478 e. The first-order valence-corrected chi connectivity index (χ1v) is 4.85. The first-order valence-electron chi connectivity index (χ1n) is 4.85. The number of carbonyl (C=O) groups is 1. The number of carboxylic acids is 1. The monoisotopic (exact) mass is 217 g/mol. The summed E-state index contributed by atoms with van der Waals surface area (Å²) in [7, 11) is 0. The number of aromatic carboxylic acids is 1. The Kier molecular flexibility index (Phi) is 2.48. The van der Waals surface area contributed by atoms with E-state index in [1.54, 1.807) is 25.1 Å². The van der Waals surface area contributed by atoms with E-state index >= 15 is 0 Å². The van der Waals surface area contributed by atoms with E-state index in [2.05, 4.69) is 4.98 Å². The molecule has 0 saturated carbocycles. The highest BCUT2D eigenvalue weighted by atomic mass is 16.4. The summed E-state index contributed by atoms with van der Waals surface area (Å²) in [5, 5.41) is 8.89. The minimum atomic E-state index is -0.945. The Morgan fingerprint density at radius 2 is 2.12 bits per heavy atom. The third-order valence-corrected chi connectivity index (χ3v) is 2.29. The summed E-state index contributed by atoms with van der Waals surface area (Å²) in [5.74, 6) is 0.327. The van der Waals surface area contributed by atoms with E-state index in [0.717, 1.165) is 5.56 Å². The highest BCUT2D eigenvalue weighted by molar-refractivity contribution is 5.89. The van der Waals surface area contributed by atoms with Crippen molar-refractivity contribution in [3.63, 3.8) is 0 Å². The van der Waals surface area contributed by atoms with Crippen LogP contribution in [0.25, 0.3) is 11.3 Å². The van der Waals surface area contributed by atoms with E-state index in [4.69, 9.17) is 9.52 Å². The Morgan fingerprint density at radius 3 is 2.69 bits per heavy atom. The Hall–Kier alpha value is -2.10. The molecule has 1 aromatic heterocycles. The minimum Gasteiger partial charge on any atom is -0.478 e. The topological polar surface area (TPSA) is 63.3 Å². The van der Waals surface area contributed by atoms with E-state index in [0.29, 0.717) is 17.3 Å². The van der Waals surface area contributed by atoms with Gasteiger partial charge in [0.25, 0.3) is 0 Å². The fourth-order valence-electron chi connectivity index (χ4n) is 1.60. The van der Waals surface area contributed by atoms with Gasteiger partial charge in [0.15, 0.2) is 5.89 Å². The smallest absolute Gasteiger partial charge is 0.335 e. The normalized spacial score (nSPS) is 10.4. The van der Waals surface area contributed by atoms with Gasteiger partial charge in [-0.25, -0.2) is 9.78 Å². The van der Waals surface area contributed by atoms with E-state index in [9.17, 15) is 4.79 Å². The van der Waals surface area contributed by atoms with Gasteiger partial charge >= 0.3 is 5.97 Å². The molecule has 0 aliphatic heterocycles. The Morgan fingerprint density at radius 1 is 1.38 bits per heavy atom. The summed E-state index contributed by atoms with van der Waals surface area (Å²) >= 11 is 0. The lowest BCUT2D eigenvalue weighted by atomic mass is 10.1. The average molecular weight is 217 g/mol. The van der Waals surface area contributed by atoms with Crippen LogP contribution in [-0.2, 0) is 0 Å². The van der Waals surface area contributed by atoms with Gasteiger partial charge in [0.2, 0.25) is 0 Å². The van der Waals surface area contributed by atoms with Crippen molar-refractivity contribution < 1.29 is 14.3 Å². The predicted molar refractivity (Wildman–Crippen MR) is 58.4 cm³/mol. The molecule has 0 aliphatic rings. The van der Waals surface area contributed by atoms with Crippen molar-refractivity contribution in [1.82, 2.24) is 4.98 Å². The number of benzene rings is 1. The minimum absolute atomic E-state index is 0.248. The van der Waals surface area contributed by atoms with Crippen LogP contribution < -0.4 is 0 Å². The molecule has 82 valence electrons. The molecule has 0 aliphatic carbocycles. The number of carboxylic acid groups (broad SMARTS) is 1. The van der Waals surface area contributed by atoms with E-state index in [-0.39, 0.29) is 5.56 Å². The number of nitrogens with zero attached hydrogens (tertiary/aromatic N) is 1. The molecular formula is C12H11NO3. The zero-order valence-electron chi connectivity index (χ0n) is 9.02. The fraction of sp³-hybridized carbons (Fsp3) is 0.167. The molecule has 0 unspecified atom stereocenters. The van der Waals surface area contributed by atoms with Crippen molar-refractivity contribution in [1.29, 1.82) is 0 Å². The maximum atomic E-state index is 10.8. The van der Waals surface area contributed by atoms with Gasteiger partial charge in [0.05, 0.1) is 5.56 Å². The van der Waals surface area contributed by atoms with Gasteiger partial charge < -0.3 is 9.52 Å². The molecule has 0 bridgehead atoms. The van der Waals surface area contributed by atoms with Crippen LogP contribution in [0.1, 0.15) is 22.0 Å². The van der Waals surface area contributed by atoms with E-state index < -0.39 is 5.97 Å². The van der Waals surface area contributed by atoms with Gasteiger partial charge in [0, 0.05) is 12.5 Å². The molecule has 1 aromatic carbocycles. The van der Waals surface area contributed by atoms with Gasteiger partial charge in [-0.1, -0.05) is 12.1 Å². The first-order chi connectivity index (χ1) is 7.58. The third-order valence-electron chi connectivity index (χ3n) is 2.29. The van der Waals surface area contributed by atoms with Gasteiger partial charge in [-0.2, -0.15) is 0 Å². The molecule has 4 nitrogen and oxygen atoms in total. The average Bonchev–Trinajstić information content (AvgIpc) is 2.58. The van der Waals surface area contributed by atoms with Crippen LogP contribution in [0, 0.1) is 13.8 Å². The zero-order chi connectivity index (χ0) is 11.7. The summed E-state index contributed by atoms with van der Waals surface area (Å²) in [6, 6.07) is 6.65. The number of aryl methyl sites for hydroxylation is 2. The molecule has 4 heteroatoms. The van der Waals surface area contributed by atoms with E-state index in [1.807, 2.05) is 13.0 Å². The second-order valence-electron chi connectivity index (χ2n) is 3.52. The van der Waals surface area contributed by atoms with Crippen molar-refractivity contribution in [3.05, 3.63) is 41.5 Å². The van der Waals surface area contributed by atoms with Gasteiger partial charge in [-0.05, 0) is 19.1 Å². The van der Waals surface area contributed by atoms with Gasteiger partial charge in [0.1, 0.15) is 11.5 Å². The van der Waals surface area contributed by atoms with Crippen molar-refractivity contribution >= 4 is 5.97 Å². The van der Waals surface area contributed by atoms with Crippen molar-refractivity contribution in [2.45, 2.75) is 13.8 Å². The molecule has 0 fully saturated rings. The molecule has 0 amide bonds. The van der Waals surface area contributed by atoms with Crippen molar-refractivity contribution in [2.75, 3.05) is 0 Å². The second kappa shape index (κ2) is 3.81. The summed E-state index contributed by atoms with van der Waals surface area (Å²) in [6.45, 7) is 3.57. The molecule has 16 heavy (non-hydrogen) atoms. The number of hydrogen-bond acceptors (Lipinski definition) is 3. The predicted octanol–water partition coefficient (Wildman–Crippen LogP) is 2.66. The maximum absolute atomic E-state index is 10.8. The molecule has 2 rings (SSSR count). The molecule has 0 atom stereocenters. The van der Waals surface area contributed by atoms with Gasteiger partial charge in [-0.15, -0.1) is 0 Å². The van der Waals surface area contributed by atoms with Crippen LogP contribution in [-0.4, -0.2) is 16.1 Å². The number of rotatable bonds is 2. The highest BCUT2D eigenvalue weighted by Crippen LogP contribution is 2.23. The molecule has 1 N–H and O–H groups in total. The molecule has 0 saturated heterocycles. The third kappa shape index (κ3) is 1.82. The zero-order valence-corrected chi connectivity index (χ0v) is 9.02. The quantitative estimate of drug-likeness (QED) is 0.839. The summed E-state index contributed by atoms with van der Waals surface area (Å²) in [6.07, 6.45) is 0. The lowest BCUT2D eigenvalue weighted by molar-refractivity contribution is 0.0697. The van der Waals surface area contributed by atoms with Crippen LogP contribution in [0.2, 0.25) is 0 Å². The first kappa shape index (κ1) is 10.4. The summed E-state index contributed by atoms with van der Waals surface area (Å²) in [4.78, 5) is 15.1. The van der Waals surface area contributed by atoms with Crippen LogP contribution >= 0.6 is 0 Å². The Balaban J connectivity index is 2.52. The highest BCUT2D eigenvalue weighted by Gasteiger charge is 2.11. The van der Waals surface area contributed by atoms with Crippen LogP contribution in [0.5, 0.6) is 0 Å². The molecule has 2 aromatic rings. The fourth-order valence-corrected chi connectivity index (χ4v) is 1.60. The standard InChI is InChI=1S/C12H11NO3/c1-7-11(13-8(2)16-7)9-4-3-5-10(6-9)12(14)15/h3-6H,1-2H3,(H,14,15). The number of oxazole rings is 1. The molecule has 0 radical (unpaired) electrons. The van der Waals surface area contributed by atoms with Crippen LogP contribution in [0.3, 0.4) is 0 Å². The molecular weight excluding hydrogens is 206 g/mol. The summed E-state index contributed by atoms with van der Waals surface area (Å²) in [5.41, 5.74) is 1.70. The lowest BCUT2D eigenvalue weighted by Crippen LogP contribution is -1.96. The van der Waals surface area contributed by atoms with Crippen LogP contribution in [0.4, 0.5) is 0 Å². The molecule has 1 heterocycles. The maximum Gasteiger partial charge on any atom is 0.335 e. The number of aromatic nitrogens is 1. The van der Waals surface area contributed by atoms with Gasteiger partial charge in [-0.3, -0.25) is 0 Å². The summed E-state index contributed by atoms with van der Waals surface area (Å²) < 4.78 is 5.31. The van der Waals surface area contributed by atoms with Crippen LogP contribution in [0.15, 0.2) is 28.7 Å². The SMILES string of the molecule is Cc1nc(-c2cccc(C(=O)O)c2)c(C)o1. The number of hydrogen-bond donors (Lipinski definition) is 1. The second-order valence-corrected chi connectivity index (χ2v) is 3.52. The molecule has 0 spiro atoms. The van der Waals surface area contributed by atoms with Crippen molar-refractivity contribution in [2.24, 2.45) is 0 Å². The lowest BCUT2D eigenvalue weighted by Gasteiger charge is -1.99. The van der Waals surface area contributed by atoms with E-state index in [1.165, 1.54) is 0 Å².